The molecule has 1 aliphatic rings. The van der Waals surface area contributed by atoms with Crippen molar-refractivity contribution in [2.75, 3.05) is 25.0 Å². The van der Waals surface area contributed by atoms with Crippen LogP contribution in [0.2, 0.25) is 0 Å². The molecule has 20 heavy (non-hydrogen) atoms. The van der Waals surface area contributed by atoms with Gasteiger partial charge < -0.3 is 15.3 Å². The van der Waals surface area contributed by atoms with Crippen LogP contribution < -0.4 is 5.32 Å². The third kappa shape index (κ3) is 3.69. The Morgan fingerprint density at radius 1 is 1.55 bits per heavy atom. The van der Waals surface area contributed by atoms with Gasteiger partial charge in [0.2, 0.25) is 5.91 Å². The molecule has 0 aromatic carbocycles. The van der Waals surface area contributed by atoms with E-state index in [1.807, 2.05) is 19.1 Å². The molecule has 0 radical (unpaired) electrons. The highest BCUT2D eigenvalue weighted by molar-refractivity contribution is 5.86. The van der Waals surface area contributed by atoms with E-state index in [4.69, 9.17) is 5.11 Å². The average Bonchev–Trinajstić information content (AvgIpc) is 2.79. The smallest absolute Gasteiger partial charge is 0.308 e. The van der Waals surface area contributed by atoms with Gasteiger partial charge in [-0.3, -0.25) is 9.59 Å². The molecular formula is C14H19N3O3. The van der Waals surface area contributed by atoms with Crippen LogP contribution in [-0.4, -0.2) is 46.5 Å². The molecule has 2 heterocycles. The molecule has 0 spiro atoms. The van der Waals surface area contributed by atoms with Crippen LogP contribution >= 0.6 is 0 Å². The molecule has 0 saturated carbocycles. The predicted octanol–water partition coefficient (Wildman–Crippen LogP) is 1.13. The molecule has 2 N–H and O–H groups in total. The van der Waals surface area contributed by atoms with Crippen molar-refractivity contribution in [2.45, 2.75) is 19.8 Å². The van der Waals surface area contributed by atoms with E-state index in [2.05, 4.69) is 10.3 Å². The van der Waals surface area contributed by atoms with Crippen molar-refractivity contribution in [3.05, 3.63) is 23.9 Å². The van der Waals surface area contributed by atoms with Crippen LogP contribution in [-0.2, 0) is 9.59 Å². The van der Waals surface area contributed by atoms with E-state index in [-0.39, 0.29) is 12.3 Å². The summed E-state index contributed by atoms with van der Waals surface area (Å²) < 4.78 is 0. The molecule has 1 aromatic heterocycles. The summed E-state index contributed by atoms with van der Waals surface area (Å²) in [5, 5.41) is 12.1. The second-order valence-electron chi connectivity index (χ2n) is 5.08. The van der Waals surface area contributed by atoms with E-state index in [0.717, 1.165) is 17.8 Å². The van der Waals surface area contributed by atoms with Gasteiger partial charge in [-0.15, -0.1) is 0 Å². The molecule has 108 valence electrons. The van der Waals surface area contributed by atoms with Gasteiger partial charge in [-0.1, -0.05) is 6.07 Å². The molecule has 1 atom stereocenters. The van der Waals surface area contributed by atoms with Crippen molar-refractivity contribution in [3.63, 3.8) is 0 Å². The Labute approximate surface area is 117 Å². The van der Waals surface area contributed by atoms with E-state index in [1.54, 1.807) is 11.1 Å². The van der Waals surface area contributed by atoms with E-state index >= 15 is 0 Å². The number of anilines is 1. The molecule has 1 unspecified atom stereocenters. The topological polar surface area (TPSA) is 82.5 Å². The van der Waals surface area contributed by atoms with Crippen molar-refractivity contribution in [3.8, 4) is 0 Å². The van der Waals surface area contributed by atoms with Gasteiger partial charge in [-0.2, -0.15) is 0 Å². The Kier molecular flexibility index (Phi) is 4.55. The lowest BCUT2D eigenvalue weighted by Crippen LogP contribution is -2.28. The molecule has 1 aliphatic heterocycles. The SMILES string of the molecule is Cc1ccc(NCCCN2CC(C(=O)O)CC2=O)nc1. The highest BCUT2D eigenvalue weighted by Crippen LogP contribution is 2.17. The maximum absolute atomic E-state index is 11.6. The quantitative estimate of drug-likeness (QED) is 0.762. The summed E-state index contributed by atoms with van der Waals surface area (Å²) in [6.07, 6.45) is 2.69. The van der Waals surface area contributed by atoms with Gasteiger partial charge in [0.1, 0.15) is 5.82 Å². The van der Waals surface area contributed by atoms with Crippen LogP contribution in [0.1, 0.15) is 18.4 Å². The highest BCUT2D eigenvalue weighted by atomic mass is 16.4. The zero-order chi connectivity index (χ0) is 14.5. The van der Waals surface area contributed by atoms with Gasteiger partial charge in [0.25, 0.3) is 0 Å². The van der Waals surface area contributed by atoms with Gasteiger partial charge in [0.15, 0.2) is 0 Å². The van der Waals surface area contributed by atoms with E-state index < -0.39 is 11.9 Å². The third-order valence-electron chi connectivity index (χ3n) is 3.39. The summed E-state index contributed by atoms with van der Waals surface area (Å²) in [7, 11) is 0. The Hall–Kier alpha value is -2.11. The summed E-state index contributed by atoms with van der Waals surface area (Å²) in [6.45, 7) is 3.60. The second kappa shape index (κ2) is 6.36. The Bertz CT molecular complexity index is 487. The maximum Gasteiger partial charge on any atom is 0.308 e. The molecule has 6 nitrogen and oxygen atoms in total. The molecule has 0 bridgehead atoms. The van der Waals surface area contributed by atoms with E-state index in [0.29, 0.717) is 19.6 Å². The summed E-state index contributed by atoms with van der Waals surface area (Å²) in [5.41, 5.74) is 1.11. The van der Waals surface area contributed by atoms with Crippen molar-refractivity contribution < 1.29 is 14.7 Å². The first kappa shape index (κ1) is 14.3. The lowest BCUT2D eigenvalue weighted by atomic mass is 10.1. The number of nitrogens with zero attached hydrogens (tertiary/aromatic N) is 2. The highest BCUT2D eigenvalue weighted by Gasteiger charge is 2.33. The molecular weight excluding hydrogens is 258 g/mol. The lowest BCUT2D eigenvalue weighted by molar-refractivity contribution is -0.141. The van der Waals surface area contributed by atoms with Gasteiger partial charge in [-0.25, -0.2) is 4.98 Å². The number of amides is 1. The van der Waals surface area contributed by atoms with Crippen LogP contribution in [0.4, 0.5) is 5.82 Å². The minimum absolute atomic E-state index is 0.0640. The van der Waals surface area contributed by atoms with Crippen LogP contribution in [0.5, 0.6) is 0 Å². The number of carboxylic acid groups (broad SMARTS) is 1. The number of hydrogen-bond acceptors (Lipinski definition) is 4. The number of carboxylic acids is 1. The summed E-state index contributed by atoms with van der Waals surface area (Å²) in [5.74, 6) is -0.685. The van der Waals surface area contributed by atoms with Crippen LogP contribution in [0.15, 0.2) is 18.3 Å². The number of aromatic nitrogens is 1. The summed E-state index contributed by atoms with van der Waals surface area (Å²) in [4.78, 5) is 28.3. The van der Waals surface area contributed by atoms with Crippen LogP contribution in [0.3, 0.4) is 0 Å². The molecule has 1 amide bonds. The molecule has 1 aromatic rings. The number of aliphatic carboxylic acids is 1. The standard InChI is InChI=1S/C14H19N3O3/c1-10-3-4-12(16-8-10)15-5-2-6-17-9-11(14(19)20)7-13(17)18/h3-4,8,11H,2,5-7,9H2,1H3,(H,15,16)(H,19,20). The minimum atomic E-state index is -0.886. The summed E-state index contributed by atoms with van der Waals surface area (Å²) >= 11 is 0. The number of hydrogen-bond donors (Lipinski definition) is 2. The van der Waals surface area contributed by atoms with Gasteiger partial charge in [-0.05, 0) is 25.0 Å². The van der Waals surface area contributed by atoms with Gasteiger partial charge in [0, 0.05) is 32.3 Å². The summed E-state index contributed by atoms with van der Waals surface area (Å²) in [6, 6.07) is 3.90. The van der Waals surface area contributed by atoms with Crippen molar-refractivity contribution in [1.82, 2.24) is 9.88 Å². The third-order valence-corrected chi connectivity index (χ3v) is 3.39. The molecule has 0 aliphatic carbocycles. The first-order valence-corrected chi connectivity index (χ1v) is 6.73. The Morgan fingerprint density at radius 2 is 2.35 bits per heavy atom. The van der Waals surface area contributed by atoms with E-state index in [1.165, 1.54) is 0 Å². The number of rotatable bonds is 6. The molecule has 2 rings (SSSR count). The average molecular weight is 277 g/mol. The first-order chi connectivity index (χ1) is 9.56. The number of likely N-dealkylation sites (tertiary alicyclic amines) is 1. The molecule has 1 saturated heterocycles. The fourth-order valence-corrected chi connectivity index (χ4v) is 2.21. The Balaban J connectivity index is 1.70. The Morgan fingerprint density at radius 3 is 2.95 bits per heavy atom. The van der Waals surface area contributed by atoms with Crippen molar-refractivity contribution >= 4 is 17.7 Å². The number of nitrogens with one attached hydrogen (secondary N) is 1. The number of pyridine rings is 1. The normalized spacial score (nSPS) is 18.4. The van der Waals surface area contributed by atoms with Gasteiger partial charge in [0.05, 0.1) is 5.92 Å². The molecule has 1 fully saturated rings. The minimum Gasteiger partial charge on any atom is -0.481 e. The molecule has 6 heteroatoms. The fraction of sp³-hybridized carbons (Fsp3) is 0.500. The number of aryl methyl sites for hydroxylation is 1. The fourth-order valence-electron chi connectivity index (χ4n) is 2.21. The zero-order valence-electron chi connectivity index (χ0n) is 11.5. The van der Waals surface area contributed by atoms with Crippen LogP contribution in [0, 0.1) is 12.8 Å². The first-order valence-electron chi connectivity index (χ1n) is 6.73. The van der Waals surface area contributed by atoms with Crippen molar-refractivity contribution in [2.24, 2.45) is 5.92 Å². The maximum atomic E-state index is 11.6. The monoisotopic (exact) mass is 277 g/mol. The van der Waals surface area contributed by atoms with Crippen LogP contribution in [0.25, 0.3) is 0 Å². The number of carbonyl (C=O) groups is 2. The second-order valence-corrected chi connectivity index (χ2v) is 5.08. The predicted molar refractivity (Wildman–Crippen MR) is 74.4 cm³/mol. The van der Waals surface area contributed by atoms with E-state index in [9.17, 15) is 9.59 Å². The lowest BCUT2D eigenvalue weighted by Gasteiger charge is -2.16. The number of carbonyl (C=O) groups excluding carboxylic acids is 1. The largest absolute Gasteiger partial charge is 0.481 e. The van der Waals surface area contributed by atoms with Gasteiger partial charge >= 0.3 is 5.97 Å². The zero-order valence-corrected chi connectivity index (χ0v) is 11.5. The van der Waals surface area contributed by atoms with Crippen molar-refractivity contribution in [1.29, 1.82) is 0 Å².